The number of rotatable bonds is 4. The third-order valence-electron chi connectivity index (χ3n) is 4.44. The van der Waals surface area contributed by atoms with Crippen LogP contribution in [0.25, 0.3) is 16.9 Å². The van der Waals surface area contributed by atoms with Gasteiger partial charge in [0.25, 0.3) is 0 Å². The van der Waals surface area contributed by atoms with Gasteiger partial charge in [0.1, 0.15) is 5.82 Å². The van der Waals surface area contributed by atoms with Gasteiger partial charge in [0.05, 0.1) is 12.2 Å². The Morgan fingerprint density at radius 1 is 1.08 bits per heavy atom. The molecule has 0 aliphatic rings. The Bertz CT molecular complexity index is 1010. The molecule has 0 aliphatic carbocycles. The Morgan fingerprint density at radius 3 is 2.60 bits per heavy atom. The highest BCUT2D eigenvalue weighted by atomic mass is 32.1. The molecule has 0 spiro atoms. The lowest BCUT2D eigenvalue weighted by Crippen LogP contribution is -2.09. The molecular weight excluding hydrogens is 328 g/mol. The van der Waals surface area contributed by atoms with Gasteiger partial charge in [-0.15, -0.1) is 11.3 Å². The third kappa shape index (κ3) is 3.03. The van der Waals surface area contributed by atoms with Crippen molar-refractivity contribution in [2.45, 2.75) is 27.3 Å². The number of hydrogen-bond donors (Lipinski definition) is 1. The molecule has 0 saturated heterocycles. The molecule has 0 saturated carbocycles. The molecule has 25 heavy (non-hydrogen) atoms. The van der Waals surface area contributed by atoms with E-state index in [2.05, 4.69) is 60.9 Å². The smallest absolute Gasteiger partial charge is 0.158 e. The van der Waals surface area contributed by atoms with Crippen molar-refractivity contribution < 1.29 is 0 Å². The molecule has 126 valence electrons. The number of aromatic nitrogens is 3. The van der Waals surface area contributed by atoms with Crippen LogP contribution in [0.15, 0.2) is 47.8 Å². The molecule has 0 amide bonds. The maximum absolute atomic E-state index is 4.81. The summed E-state index contributed by atoms with van der Waals surface area (Å²) >= 11 is 1.75. The molecule has 3 heterocycles. The summed E-state index contributed by atoms with van der Waals surface area (Å²) in [5.74, 6) is 1.01. The fourth-order valence-electron chi connectivity index (χ4n) is 2.86. The van der Waals surface area contributed by atoms with Crippen molar-refractivity contribution in [2.75, 3.05) is 5.32 Å². The van der Waals surface area contributed by atoms with Crippen LogP contribution in [-0.2, 0) is 6.54 Å². The number of aryl methyl sites for hydroxylation is 2. The Morgan fingerprint density at radius 2 is 1.88 bits per heavy atom. The summed E-state index contributed by atoms with van der Waals surface area (Å²) in [6, 6.07) is 14.7. The van der Waals surface area contributed by atoms with Crippen molar-refractivity contribution in [1.29, 1.82) is 0 Å². The van der Waals surface area contributed by atoms with Crippen LogP contribution in [0.3, 0.4) is 0 Å². The molecule has 4 rings (SSSR count). The highest BCUT2D eigenvalue weighted by Crippen LogP contribution is 2.25. The number of hydrogen-bond acceptors (Lipinski definition) is 4. The van der Waals surface area contributed by atoms with E-state index in [1.807, 2.05) is 17.5 Å². The molecule has 0 fully saturated rings. The molecule has 5 heteroatoms. The summed E-state index contributed by atoms with van der Waals surface area (Å²) in [6.45, 7) is 7.01. The summed E-state index contributed by atoms with van der Waals surface area (Å²) in [5, 5.41) is 10.5. The van der Waals surface area contributed by atoms with Crippen LogP contribution in [0.2, 0.25) is 0 Å². The van der Waals surface area contributed by atoms with Crippen LogP contribution >= 0.6 is 11.3 Å². The molecule has 4 nitrogen and oxygen atoms in total. The zero-order valence-electron chi connectivity index (χ0n) is 14.6. The van der Waals surface area contributed by atoms with Gasteiger partial charge in [-0.05, 0) is 32.2 Å². The maximum Gasteiger partial charge on any atom is 0.158 e. The molecule has 1 N–H and O–H groups in total. The largest absolute Gasteiger partial charge is 0.365 e. The minimum atomic E-state index is 0.788. The first kappa shape index (κ1) is 15.8. The SMILES string of the molecule is Cc1ccc(-c2cc3nc(C)c(C)c(NCc4cccs4)n3n2)cc1. The summed E-state index contributed by atoms with van der Waals surface area (Å²) in [5.41, 5.74) is 6.31. The second kappa shape index (κ2) is 6.33. The van der Waals surface area contributed by atoms with Crippen molar-refractivity contribution in [3.05, 3.63) is 69.5 Å². The van der Waals surface area contributed by atoms with E-state index in [1.54, 1.807) is 11.3 Å². The number of anilines is 1. The Labute approximate surface area is 151 Å². The Hall–Kier alpha value is -2.66. The summed E-state index contributed by atoms with van der Waals surface area (Å²) in [4.78, 5) is 6.01. The van der Waals surface area contributed by atoms with Gasteiger partial charge in [-0.25, -0.2) is 4.98 Å². The highest BCUT2D eigenvalue weighted by Gasteiger charge is 2.13. The number of nitrogens with one attached hydrogen (secondary N) is 1. The van der Waals surface area contributed by atoms with Gasteiger partial charge in [0, 0.05) is 27.8 Å². The second-order valence-corrected chi connectivity index (χ2v) is 7.30. The van der Waals surface area contributed by atoms with Crippen molar-refractivity contribution in [3.8, 4) is 11.3 Å². The number of fused-ring (bicyclic) bond motifs is 1. The molecule has 1 aromatic carbocycles. The number of thiophene rings is 1. The quantitative estimate of drug-likeness (QED) is 0.564. The molecule has 3 aromatic heterocycles. The van der Waals surface area contributed by atoms with E-state index in [0.29, 0.717) is 0 Å². The summed E-state index contributed by atoms with van der Waals surface area (Å²) < 4.78 is 1.92. The Balaban J connectivity index is 1.77. The standard InChI is InChI=1S/C20H20N4S/c1-13-6-8-16(9-7-13)18-11-19-22-15(3)14(2)20(24(19)23-18)21-12-17-5-4-10-25-17/h4-11,21H,12H2,1-3H3. The first-order valence-corrected chi connectivity index (χ1v) is 9.20. The van der Waals surface area contributed by atoms with E-state index in [0.717, 1.165) is 40.5 Å². The predicted molar refractivity (Wildman–Crippen MR) is 104 cm³/mol. The molecular formula is C20H20N4S. The van der Waals surface area contributed by atoms with Crippen LogP contribution in [-0.4, -0.2) is 14.6 Å². The van der Waals surface area contributed by atoms with Gasteiger partial charge in [-0.3, -0.25) is 0 Å². The van der Waals surface area contributed by atoms with E-state index in [1.165, 1.54) is 10.4 Å². The van der Waals surface area contributed by atoms with E-state index < -0.39 is 0 Å². The Kier molecular flexibility index (Phi) is 4.01. The fraction of sp³-hybridized carbons (Fsp3) is 0.200. The van der Waals surface area contributed by atoms with Crippen molar-refractivity contribution in [3.63, 3.8) is 0 Å². The molecule has 0 aliphatic heterocycles. The zero-order chi connectivity index (χ0) is 17.4. The zero-order valence-corrected chi connectivity index (χ0v) is 15.4. The van der Waals surface area contributed by atoms with Crippen molar-refractivity contribution in [2.24, 2.45) is 0 Å². The molecule has 4 aromatic rings. The molecule has 0 atom stereocenters. The highest BCUT2D eigenvalue weighted by molar-refractivity contribution is 7.09. The van der Waals surface area contributed by atoms with Gasteiger partial charge in [-0.1, -0.05) is 35.9 Å². The van der Waals surface area contributed by atoms with Gasteiger partial charge in [0.2, 0.25) is 0 Å². The summed E-state index contributed by atoms with van der Waals surface area (Å²) in [6.07, 6.45) is 0. The molecule has 0 bridgehead atoms. The lowest BCUT2D eigenvalue weighted by molar-refractivity contribution is 0.909. The lowest BCUT2D eigenvalue weighted by Gasteiger charge is -2.12. The van der Waals surface area contributed by atoms with Gasteiger partial charge in [0.15, 0.2) is 5.65 Å². The second-order valence-electron chi connectivity index (χ2n) is 6.27. The number of nitrogens with zero attached hydrogens (tertiary/aromatic N) is 3. The van der Waals surface area contributed by atoms with E-state index >= 15 is 0 Å². The van der Waals surface area contributed by atoms with Gasteiger partial charge < -0.3 is 5.32 Å². The van der Waals surface area contributed by atoms with Crippen LogP contribution in [0.5, 0.6) is 0 Å². The molecule has 0 radical (unpaired) electrons. The summed E-state index contributed by atoms with van der Waals surface area (Å²) in [7, 11) is 0. The predicted octanol–water partition coefficient (Wildman–Crippen LogP) is 5.00. The van der Waals surface area contributed by atoms with Gasteiger partial charge >= 0.3 is 0 Å². The number of benzene rings is 1. The van der Waals surface area contributed by atoms with Gasteiger partial charge in [-0.2, -0.15) is 9.61 Å². The lowest BCUT2D eigenvalue weighted by atomic mass is 10.1. The van der Waals surface area contributed by atoms with E-state index in [9.17, 15) is 0 Å². The monoisotopic (exact) mass is 348 g/mol. The van der Waals surface area contributed by atoms with E-state index in [-0.39, 0.29) is 0 Å². The maximum atomic E-state index is 4.81. The van der Waals surface area contributed by atoms with Crippen molar-refractivity contribution in [1.82, 2.24) is 14.6 Å². The average molecular weight is 348 g/mol. The van der Waals surface area contributed by atoms with Crippen LogP contribution < -0.4 is 5.32 Å². The molecule has 0 unspecified atom stereocenters. The van der Waals surface area contributed by atoms with E-state index in [4.69, 9.17) is 10.1 Å². The van der Waals surface area contributed by atoms with Crippen LogP contribution in [0.4, 0.5) is 5.82 Å². The first-order chi connectivity index (χ1) is 12.1. The normalized spacial score (nSPS) is 11.2. The minimum absolute atomic E-state index is 0.788. The average Bonchev–Trinajstić information content (AvgIpc) is 3.25. The van der Waals surface area contributed by atoms with Crippen LogP contribution in [0.1, 0.15) is 21.7 Å². The third-order valence-corrected chi connectivity index (χ3v) is 5.32. The fourth-order valence-corrected chi connectivity index (χ4v) is 3.50. The topological polar surface area (TPSA) is 42.2 Å². The first-order valence-electron chi connectivity index (χ1n) is 8.32. The van der Waals surface area contributed by atoms with Crippen LogP contribution in [0, 0.1) is 20.8 Å². The minimum Gasteiger partial charge on any atom is -0.365 e. The van der Waals surface area contributed by atoms with Crippen molar-refractivity contribution >= 4 is 22.8 Å².